The topological polar surface area (TPSA) is 280 Å². The number of benzene rings is 3. The molecule has 19 heteroatoms. The number of amides is 6. The summed E-state index contributed by atoms with van der Waals surface area (Å²) < 4.78 is 6.75. The summed E-state index contributed by atoms with van der Waals surface area (Å²) in [6.45, 7) is 2.43. The number of likely N-dealkylation sites (tertiary alicyclic amines) is 1. The van der Waals surface area contributed by atoms with Crippen molar-refractivity contribution in [3.8, 4) is 0 Å². The average molecular weight is 816 g/mol. The fraction of sp³-hybridized carbons (Fsp3) is 0.400. The third-order valence-electron chi connectivity index (χ3n) is 9.91. The highest BCUT2D eigenvalue weighted by Crippen LogP contribution is 2.32. The van der Waals surface area contributed by atoms with Crippen molar-refractivity contribution in [2.24, 2.45) is 5.73 Å². The molecule has 1 aromatic heterocycles. The number of ether oxygens (including phenoxy) is 1. The van der Waals surface area contributed by atoms with Gasteiger partial charge in [-0.05, 0) is 61.6 Å². The number of hydrogen-bond donors (Lipinski definition) is 8. The molecule has 5 atom stereocenters. The standard InChI is InChI=1S/C40H49N9O10/c1-40(2,58)32-21-44-47-49(32)28-19-31(36(53)45-29(33(50)34(41)51)14-8-9-17-42-38(55)56)48(22-28)37(54)30(20-43-39(57)59-23-24-10-4-3-5-11-24)46-35(52)27-16-15-25-12-6-7-13-26(25)18-27/h3-7,10-13,15-16,18,21,28-31,33,42,50,58H,8-9,14,17,19-20,22-23H2,1-2H3,(H2,41,51)(H,43,57)(H,45,53)(H,46,52)(H,55,56)/t28-,29?,30?,31-,33?/m0/s1. The van der Waals surface area contributed by atoms with E-state index >= 15 is 0 Å². The van der Waals surface area contributed by atoms with E-state index in [-0.39, 0.29) is 50.2 Å². The van der Waals surface area contributed by atoms with Crippen LogP contribution in [0.5, 0.6) is 0 Å². The molecule has 5 rings (SSSR count). The Morgan fingerprint density at radius 2 is 1.66 bits per heavy atom. The van der Waals surface area contributed by atoms with Crippen molar-refractivity contribution < 1.29 is 48.8 Å². The van der Waals surface area contributed by atoms with Gasteiger partial charge < -0.3 is 52.0 Å². The second-order valence-corrected chi connectivity index (χ2v) is 14.7. The first-order valence-corrected chi connectivity index (χ1v) is 19.0. The first-order chi connectivity index (χ1) is 28.1. The molecule has 3 unspecified atom stereocenters. The lowest BCUT2D eigenvalue weighted by molar-refractivity contribution is -0.141. The molecule has 0 bridgehead atoms. The molecule has 1 saturated heterocycles. The Morgan fingerprint density at radius 1 is 0.949 bits per heavy atom. The molecule has 1 aliphatic heterocycles. The molecule has 314 valence electrons. The molecule has 2 heterocycles. The number of aromatic nitrogens is 3. The Labute approximate surface area is 339 Å². The van der Waals surface area contributed by atoms with E-state index in [1.807, 2.05) is 30.3 Å². The Bertz CT molecular complexity index is 2120. The summed E-state index contributed by atoms with van der Waals surface area (Å²) in [5.74, 6) is -3.32. The number of unbranched alkanes of at least 4 members (excludes halogenated alkanes) is 1. The maximum Gasteiger partial charge on any atom is 0.407 e. The quantitative estimate of drug-likeness (QED) is 0.0660. The van der Waals surface area contributed by atoms with E-state index in [0.29, 0.717) is 12.0 Å². The average Bonchev–Trinajstić information content (AvgIpc) is 3.89. The van der Waals surface area contributed by atoms with Crippen molar-refractivity contribution in [2.45, 2.75) is 82.0 Å². The number of aliphatic hydroxyl groups excluding tert-OH is 1. The molecule has 0 spiro atoms. The van der Waals surface area contributed by atoms with Gasteiger partial charge in [-0.1, -0.05) is 65.9 Å². The summed E-state index contributed by atoms with van der Waals surface area (Å²) >= 11 is 0. The Balaban J connectivity index is 1.43. The van der Waals surface area contributed by atoms with Crippen LogP contribution >= 0.6 is 0 Å². The summed E-state index contributed by atoms with van der Waals surface area (Å²) in [5, 5.41) is 50.3. The van der Waals surface area contributed by atoms with Gasteiger partial charge in [-0.25, -0.2) is 14.3 Å². The summed E-state index contributed by atoms with van der Waals surface area (Å²) in [5.41, 5.74) is 5.21. The van der Waals surface area contributed by atoms with Crippen LogP contribution in [0.4, 0.5) is 9.59 Å². The first kappa shape index (κ1) is 43.5. The van der Waals surface area contributed by atoms with E-state index in [2.05, 4.69) is 31.6 Å². The number of carboxylic acid groups (broad SMARTS) is 1. The molecule has 3 aromatic carbocycles. The molecule has 59 heavy (non-hydrogen) atoms. The van der Waals surface area contributed by atoms with Crippen LogP contribution in [0.2, 0.25) is 0 Å². The highest BCUT2D eigenvalue weighted by molar-refractivity contribution is 6.01. The Kier molecular flexibility index (Phi) is 14.5. The minimum Gasteiger partial charge on any atom is -0.465 e. The summed E-state index contributed by atoms with van der Waals surface area (Å²) in [4.78, 5) is 79.8. The van der Waals surface area contributed by atoms with E-state index in [0.717, 1.165) is 10.8 Å². The van der Waals surface area contributed by atoms with Gasteiger partial charge in [0, 0.05) is 25.1 Å². The number of nitrogens with one attached hydrogen (secondary N) is 4. The number of carbonyl (C=O) groups is 6. The van der Waals surface area contributed by atoms with Crippen molar-refractivity contribution in [2.75, 3.05) is 19.6 Å². The van der Waals surface area contributed by atoms with Gasteiger partial charge in [0.05, 0.1) is 30.5 Å². The SMILES string of the molecule is CC(C)(O)c1cnnn1[C@H]1C[C@@H](C(=O)NC(CCCCNC(=O)O)C(O)C(N)=O)N(C(=O)C(CNC(=O)OCc2ccccc2)NC(=O)c2ccc3ccccc3c2)C1. The largest absolute Gasteiger partial charge is 0.465 e. The number of primary amides is 1. The molecule has 6 amide bonds. The number of carbonyl (C=O) groups excluding carboxylic acids is 5. The molecule has 19 nitrogen and oxygen atoms in total. The number of nitrogens with zero attached hydrogens (tertiary/aromatic N) is 4. The minimum atomic E-state index is -1.83. The van der Waals surface area contributed by atoms with Crippen LogP contribution < -0.4 is 27.0 Å². The normalized spacial score (nSPS) is 16.7. The minimum absolute atomic E-state index is 0.0205. The molecule has 9 N–H and O–H groups in total. The summed E-state index contributed by atoms with van der Waals surface area (Å²) in [6, 6.07) is 16.6. The predicted octanol–water partition coefficient (Wildman–Crippen LogP) is 1.29. The van der Waals surface area contributed by atoms with Crippen LogP contribution in [-0.4, -0.2) is 115 Å². The van der Waals surface area contributed by atoms with Gasteiger partial charge in [0.1, 0.15) is 24.3 Å². The van der Waals surface area contributed by atoms with Gasteiger partial charge in [0.2, 0.25) is 17.7 Å². The van der Waals surface area contributed by atoms with Crippen molar-refractivity contribution in [3.05, 3.63) is 95.8 Å². The van der Waals surface area contributed by atoms with E-state index in [1.54, 1.807) is 42.5 Å². The molecule has 0 radical (unpaired) electrons. The lowest BCUT2D eigenvalue weighted by Gasteiger charge is -2.30. The zero-order valence-corrected chi connectivity index (χ0v) is 32.6. The molecule has 1 aliphatic rings. The van der Waals surface area contributed by atoms with Gasteiger partial charge in [0.25, 0.3) is 5.91 Å². The van der Waals surface area contributed by atoms with Gasteiger partial charge in [-0.3, -0.25) is 19.2 Å². The van der Waals surface area contributed by atoms with Crippen molar-refractivity contribution in [3.63, 3.8) is 0 Å². The fourth-order valence-electron chi connectivity index (χ4n) is 6.84. The van der Waals surface area contributed by atoms with Crippen molar-refractivity contribution in [1.82, 2.24) is 41.2 Å². The molecule has 0 saturated carbocycles. The van der Waals surface area contributed by atoms with Crippen LogP contribution in [0.1, 0.15) is 67.2 Å². The monoisotopic (exact) mass is 815 g/mol. The van der Waals surface area contributed by atoms with Crippen LogP contribution in [0.3, 0.4) is 0 Å². The van der Waals surface area contributed by atoms with E-state index < -0.39 is 78.2 Å². The highest BCUT2D eigenvalue weighted by atomic mass is 16.5. The smallest absolute Gasteiger partial charge is 0.407 e. The fourth-order valence-corrected chi connectivity index (χ4v) is 6.84. The summed E-state index contributed by atoms with van der Waals surface area (Å²) in [6.07, 6.45) is -2.05. The third-order valence-corrected chi connectivity index (χ3v) is 9.91. The molecule has 1 fully saturated rings. The maximum atomic E-state index is 14.7. The number of hydrogen-bond acceptors (Lipinski definition) is 11. The van der Waals surface area contributed by atoms with E-state index in [4.69, 9.17) is 15.6 Å². The zero-order chi connectivity index (χ0) is 42.7. The second-order valence-electron chi connectivity index (χ2n) is 14.7. The van der Waals surface area contributed by atoms with Gasteiger partial charge in [-0.2, -0.15) is 0 Å². The lowest BCUT2D eigenvalue weighted by Crippen LogP contribution is -2.58. The number of aliphatic hydroxyl groups is 2. The molecular weight excluding hydrogens is 766 g/mol. The van der Waals surface area contributed by atoms with E-state index in [9.17, 15) is 39.0 Å². The lowest BCUT2D eigenvalue weighted by atomic mass is 10.0. The third kappa shape index (κ3) is 11.7. The zero-order valence-electron chi connectivity index (χ0n) is 32.6. The molecule has 4 aromatic rings. The number of rotatable bonds is 18. The van der Waals surface area contributed by atoms with Gasteiger partial charge >= 0.3 is 12.2 Å². The maximum absolute atomic E-state index is 14.7. The first-order valence-electron chi connectivity index (χ1n) is 19.0. The summed E-state index contributed by atoms with van der Waals surface area (Å²) in [7, 11) is 0. The Hall–Kier alpha value is -6.60. The van der Waals surface area contributed by atoms with Crippen LogP contribution in [-0.2, 0) is 31.3 Å². The number of alkyl carbamates (subject to hydrolysis) is 1. The van der Waals surface area contributed by atoms with Crippen molar-refractivity contribution in [1.29, 1.82) is 0 Å². The highest BCUT2D eigenvalue weighted by Gasteiger charge is 2.45. The second kappa shape index (κ2) is 19.7. The van der Waals surface area contributed by atoms with Crippen LogP contribution in [0.15, 0.2) is 79.0 Å². The molecular formula is C40H49N9O10. The Morgan fingerprint density at radius 3 is 2.36 bits per heavy atom. The van der Waals surface area contributed by atoms with Gasteiger partial charge in [0.15, 0.2) is 6.10 Å². The van der Waals surface area contributed by atoms with Gasteiger partial charge in [-0.15, -0.1) is 5.10 Å². The van der Waals surface area contributed by atoms with Crippen molar-refractivity contribution >= 4 is 46.6 Å². The van der Waals surface area contributed by atoms with Crippen LogP contribution in [0.25, 0.3) is 10.8 Å². The predicted molar refractivity (Wildman–Crippen MR) is 211 cm³/mol. The number of nitrogens with two attached hydrogens (primary N) is 1. The van der Waals surface area contributed by atoms with E-state index in [1.165, 1.54) is 29.6 Å². The number of fused-ring (bicyclic) bond motifs is 1. The molecule has 0 aliphatic carbocycles. The van der Waals surface area contributed by atoms with Crippen LogP contribution in [0, 0.1) is 0 Å².